The molecule has 1 unspecified atom stereocenters. The van der Waals surface area contributed by atoms with Gasteiger partial charge in [0.1, 0.15) is 0 Å². The number of nitrogens with one attached hydrogen (secondary N) is 2. The Kier molecular flexibility index (Phi) is 8.72. The van der Waals surface area contributed by atoms with E-state index in [1.807, 2.05) is 7.05 Å². The third-order valence-electron chi connectivity index (χ3n) is 5.80. The van der Waals surface area contributed by atoms with Crippen LogP contribution in [0, 0.1) is 0 Å². The molecule has 30 heavy (non-hydrogen) atoms. The minimum atomic E-state index is 0.363. The van der Waals surface area contributed by atoms with Crippen LogP contribution in [0.5, 0.6) is 0 Å². The van der Waals surface area contributed by atoms with Crippen molar-refractivity contribution in [1.82, 2.24) is 20.4 Å². The van der Waals surface area contributed by atoms with Crippen molar-refractivity contribution >= 4 is 5.96 Å². The van der Waals surface area contributed by atoms with Crippen molar-refractivity contribution in [2.24, 2.45) is 4.99 Å². The fraction of sp³-hybridized carbons (Fsp3) is 0.480. The number of guanidine groups is 1. The van der Waals surface area contributed by atoms with E-state index < -0.39 is 0 Å². The molecule has 2 aromatic carbocycles. The number of aliphatic imine (C=N–C) groups is 1. The molecule has 1 heterocycles. The number of benzene rings is 2. The molecule has 0 aromatic heterocycles. The minimum absolute atomic E-state index is 0.363. The van der Waals surface area contributed by atoms with Crippen molar-refractivity contribution < 1.29 is 0 Å². The van der Waals surface area contributed by atoms with Crippen LogP contribution < -0.4 is 10.6 Å². The molecular weight excluding hydrogens is 370 g/mol. The van der Waals surface area contributed by atoms with Gasteiger partial charge in [-0.15, -0.1) is 0 Å². The van der Waals surface area contributed by atoms with Crippen LogP contribution >= 0.6 is 0 Å². The summed E-state index contributed by atoms with van der Waals surface area (Å²) in [5.74, 6) is 0.858. The zero-order valence-electron chi connectivity index (χ0n) is 18.8. The predicted octanol–water partition coefficient (Wildman–Crippen LogP) is 3.12. The van der Waals surface area contributed by atoms with Gasteiger partial charge in [-0.3, -0.25) is 9.89 Å². The Bertz CT molecular complexity index is 764. The van der Waals surface area contributed by atoms with Crippen molar-refractivity contribution in [2.75, 3.05) is 40.3 Å². The van der Waals surface area contributed by atoms with Crippen LogP contribution in [0.15, 0.2) is 59.6 Å². The fourth-order valence-electron chi connectivity index (χ4n) is 3.74. The summed E-state index contributed by atoms with van der Waals surface area (Å²) >= 11 is 0. The summed E-state index contributed by atoms with van der Waals surface area (Å²) in [5.41, 5.74) is 4.04. The lowest BCUT2D eigenvalue weighted by Crippen LogP contribution is -2.43. The SMILES string of the molecule is CN=C(NCc1ccc(CN2CCN(C)CC2)cc1)NC(C)CCc1ccccc1. The Labute approximate surface area is 182 Å². The van der Waals surface area contributed by atoms with Gasteiger partial charge >= 0.3 is 0 Å². The zero-order valence-corrected chi connectivity index (χ0v) is 18.8. The average molecular weight is 408 g/mol. The largest absolute Gasteiger partial charge is 0.354 e. The Morgan fingerprint density at radius 2 is 1.60 bits per heavy atom. The maximum absolute atomic E-state index is 4.38. The van der Waals surface area contributed by atoms with Gasteiger partial charge in [-0.1, -0.05) is 54.6 Å². The third-order valence-corrected chi connectivity index (χ3v) is 5.80. The van der Waals surface area contributed by atoms with Crippen molar-refractivity contribution in [3.05, 3.63) is 71.3 Å². The molecule has 0 bridgehead atoms. The minimum Gasteiger partial charge on any atom is -0.354 e. The molecule has 0 amide bonds. The van der Waals surface area contributed by atoms with E-state index in [9.17, 15) is 0 Å². The number of rotatable bonds is 8. The summed E-state index contributed by atoms with van der Waals surface area (Å²) in [6.45, 7) is 8.68. The van der Waals surface area contributed by atoms with E-state index in [1.165, 1.54) is 16.7 Å². The molecule has 3 rings (SSSR count). The summed E-state index contributed by atoms with van der Waals surface area (Å²) < 4.78 is 0. The normalized spacial score (nSPS) is 17.0. The standard InChI is InChI=1S/C25H37N5/c1-21(9-10-22-7-5-4-6-8-22)28-25(26-2)27-19-23-11-13-24(14-12-23)20-30-17-15-29(3)16-18-30/h4-8,11-14,21H,9-10,15-20H2,1-3H3,(H2,26,27,28). The highest BCUT2D eigenvalue weighted by Gasteiger charge is 2.13. The maximum Gasteiger partial charge on any atom is 0.191 e. The second kappa shape index (κ2) is 11.7. The molecule has 0 spiro atoms. The van der Waals surface area contributed by atoms with Gasteiger partial charge < -0.3 is 15.5 Å². The second-order valence-electron chi connectivity index (χ2n) is 8.39. The molecule has 1 aliphatic heterocycles. The number of likely N-dealkylation sites (N-methyl/N-ethyl adjacent to an activating group) is 1. The molecular formula is C25H37N5. The highest BCUT2D eigenvalue weighted by molar-refractivity contribution is 5.79. The summed E-state index contributed by atoms with van der Waals surface area (Å²) in [4.78, 5) is 9.32. The summed E-state index contributed by atoms with van der Waals surface area (Å²) in [6, 6.07) is 20.0. The van der Waals surface area contributed by atoms with Crippen LogP contribution in [0.1, 0.15) is 30.0 Å². The van der Waals surface area contributed by atoms with Crippen LogP contribution in [0.2, 0.25) is 0 Å². The number of nitrogens with zero attached hydrogens (tertiary/aromatic N) is 3. The third kappa shape index (κ3) is 7.47. The number of hydrogen-bond acceptors (Lipinski definition) is 3. The summed E-state index contributed by atoms with van der Waals surface area (Å²) in [7, 11) is 4.03. The van der Waals surface area contributed by atoms with Crippen LogP contribution in [-0.2, 0) is 19.5 Å². The van der Waals surface area contributed by atoms with Crippen LogP contribution in [0.25, 0.3) is 0 Å². The first-order valence-electron chi connectivity index (χ1n) is 11.1. The monoisotopic (exact) mass is 407 g/mol. The molecule has 5 heteroatoms. The first-order valence-corrected chi connectivity index (χ1v) is 11.1. The Hall–Kier alpha value is -2.37. The fourth-order valence-corrected chi connectivity index (χ4v) is 3.74. The average Bonchev–Trinajstić information content (AvgIpc) is 2.78. The molecule has 5 nitrogen and oxygen atoms in total. The van der Waals surface area contributed by atoms with Gasteiger partial charge in [-0.2, -0.15) is 0 Å². The van der Waals surface area contributed by atoms with Gasteiger partial charge in [0.25, 0.3) is 0 Å². The van der Waals surface area contributed by atoms with Crippen LogP contribution in [0.4, 0.5) is 0 Å². The molecule has 1 fully saturated rings. The highest BCUT2D eigenvalue weighted by Crippen LogP contribution is 2.10. The van der Waals surface area contributed by atoms with E-state index in [4.69, 9.17) is 0 Å². The van der Waals surface area contributed by atoms with Gasteiger partial charge in [0.2, 0.25) is 0 Å². The predicted molar refractivity (Wildman–Crippen MR) is 127 cm³/mol. The van der Waals surface area contributed by atoms with E-state index in [-0.39, 0.29) is 0 Å². The van der Waals surface area contributed by atoms with Gasteiger partial charge in [0, 0.05) is 52.4 Å². The number of hydrogen-bond donors (Lipinski definition) is 2. The zero-order chi connectivity index (χ0) is 21.2. The van der Waals surface area contributed by atoms with E-state index in [0.717, 1.165) is 58.1 Å². The van der Waals surface area contributed by atoms with Crippen LogP contribution in [-0.4, -0.2) is 62.1 Å². The van der Waals surface area contributed by atoms with Gasteiger partial charge in [0.15, 0.2) is 5.96 Å². The summed E-state index contributed by atoms with van der Waals surface area (Å²) in [6.07, 6.45) is 2.15. The van der Waals surface area contributed by atoms with Gasteiger partial charge in [0.05, 0.1) is 0 Å². The van der Waals surface area contributed by atoms with E-state index in [1.54, 1.807) is 0 Å². The van der Waals surface area contributed by atoms with E-state index >= 15 is 0 Å². The van der Waals surface area contributed by atoms with Crippen molar-refractivity contribution in [3.63, 3.8) is 0 Å². The Balaban J connectivity index is 1.39. The Morgan fingerprint density at radius 1 is 0.933 bits per heavy atom. The molecule has 2 aromatic rings. The molecule has 1 atom stereocenters. The molecule has 162 valence electrons. The second-order valence-corrected chi connectivity index (χ2v) is 8.39. The molecule has 1 saturated heterocycles. The smallest absolute Gasteiger partial charge is 0.191 e. The van der Waals surface area contributed by atoms with Crippen molar-refractivity contribution in [3.8, 4) is 0 Å². The van der Waals surface area contributed by atoms with E-state index in [0.29, 0.717) is 6.04 Å². The molecule has 0 aliphatic carbocycles. The van der Waals surface area contributed by atoms with Crippen molar-refractivity contribution in [1.29, 1.82) is 0 Å². The lowest BCUT2D eigenvalue weighted by molar-refractivity contribution is 0.148. The number of piperazine rings is 1. The lowest BCUT2D eigenvalue weighted by atomic mass is 10.1. The van der Waals surface area contributed by atoms with Crippen LogP contribution in [0.3, 0.4) is 0 Å². The topological polar surface area (TPSA) is 42.9 Å². The summed E-state index contributed by atoms with van der Waals surface area (Å²) in [5, 5.41) is 6.95. The molecule has 0 saturated carbocycles. The van der Waals surface area contributed by atoms with Gasteiger partial charge in [-0.25, -0.2) is 0 Å². The number of aryl methyl sites for hydroxylation is 1. The quantitative estimate of drug-likeness (QED) is 0.521. The molecule has 0 radical (unpaired) electrons. The van der Waals surface area contributed by atoms with E-state index in [2.05, 4.69) is 94.0 Å². The highest BCUT2D eigenvalue weighted by atomic mass is 15.2. The Morgan fingerprint density at radius 3 is 2.27 bits per heavy atom. The van der Waals surface area contributed by atoms with Gasteiger partial charge in [-0.05, 0) is 43.5 Å². The molecule has 1 aliphatic rings. The first kappa shape index (κ1) is 22.3. The van der Waals surface area contributed by atoms with Crippen molar-refractivity contribution in [2.45, 2.75) is 38.9 Å². The lowest BCUT2D eigenvalue weighted by Gasteiger charge is -2.32. The molecule has 2 N–H and O–H groups in total. The first-order chi connectivity index (χ1) is 14.6. The maximum atomic E-state index is 4.38.